The molecule has 0 aliphatic carbocycles. The Morgan fingerprint density at radius 1 is 1.08 bits per heavy atom. The number of morpholine rings is 1. The molecule has 1 N–H and O–H groups in total. The second kappa shape index (κ2) is 10.5. The molecule has 5 rings (SSSR count). The largest absolute Gasteiger partial charge is 0.505 e. The maximum absolute atomic E-state index is 13.6. The number of ketones is 1. The van der Waals surface area contributed by atoms with Crippen LogP contribution in [-0.4, -0.2) is 89.6 Å². The van der Waals surface area contributed by atoms with Gasteiger partial charge in [0.15, 0.2) is 17.3 Å². The molecular weight excluding hydrogens is 488 g/mol. The number of fused-ring (bicyclic) bond motifs is 1. The number of amides is 1. The van der Waals surface area contributed by atoms with Crippen molar-refractivity contribution in [2.45, 2.75) is 19.9 Å². The summed E-state index contributed by atoms with van der Waals surface area (Å²) in [7, 11) is 3.04. The maximum atomic E-state index is 13.6. The topological polar surface area (TPSA) is 106 Å². The van der Waals surface area contributed by atoms with Crippen LogP contribution >= 0.6 is 0 Å². The van der Waals surface area contributed by atoms with E-state index in [9.17, 15) is 14.7 Å². The van der Waals surface area contributed by atoms with Crippen LogP contribution in [0.5, 0.6) is 11.5 Å². The third kappa shape index (κ3) is 4.29. The van der Waals surface area contributed by atoms with E-state index in [1.807, 2.05) is 19.1 Å². The van der Waals surface area contributed by atoms with Crippen molar-refractivity contribution >= 4 is 23.1 Å². The molecule has 0 radical (unpaired) electrons. The number of para-hydroxylation sites is 1. The van der Waals surface area contributed by atoms with Gasteiger partial charge < -0.3 is 24.2 Å². The standard InChI is InChI=1S/C28H32N4O6/c1-17-7-6-10-31-22(18(2)29-27(17)31)24(33)21-23(19-8-5-9-20(36-3)26(19)37-4)32(28(35)25(21)34)12-11-30-13-15-38-16-14-30/h5-10,23,33H,11-16H2,1-4H3/t23-/m1/s1. The Labute approximate surface area is 221 Å². The summed E-state index contributed by atoms with van der Waals surface area (Å²) < 4.78 is 18.4. The van der Waals surface area contributed by atoms with E-state index in [0.717, 1.165) is 18.7 Å². The molecule has 10 heteroatoms. The van der Waals surface area contributed by atoms with Crippen molar-refractivity contribution in [1.29, 1.82) is 0 Å². The first-order valence-corrected chi connectivity index (χ1v) is 12.6. The van der Waals surface area contributed by atoms with Gasteiger partial charge in [-0.25, -0.2) is 4.98 Å². The summed E-state index contributed by atoms with van der Waals surface area (Å²) in [5.41, 5.74) is 3.07. The summed E-state index contributed by atoms with van der Waals surface area (Å²) in [5.74, 6) is -0.832. The van der Waals surface area contributed by atoms with Crippen LogP contribution in [0.4, 0.5) is 0 Å². The highest BCUT2D eigenvalue weighted by atomic mass is 16.5. The first-order valence-electron chi connectivity index (χ1n) is 12.6. The number of aliphatic hydroxyl groups is 1. The van der Waals surface area contributed by atoms with Gasteiger partial charge in [0, 0.05) is 37.9 Å². The lowest BCUT2D eigenvalue weighted by atomic mass is 9.95. The van der Waals surface area contributed by atoms with Gasteiger partial charge >= 0.3 is 0 Å². The normalized spacial score (nSPS) is 19.9. The van der Waals surface area contributed by atoms with E-state index in [4.69, 9.17) is 14.2 Å². The molecule has 38 heavy (non-hydrogen) atoms. The van der Waals surface area contributed by atoms with E-state index in [2.05, 4.69) is 9.88 Å². The molecule has 2 aliphatic rings. The molecule has 0 bridgehead atoms. The number of carbonyl (C=O) groups excluding carboxylic acids is 2. The molecule has 0 spiro atoms. The molecule has 4 heterocycles. The van der Waals surface area contributed by atoms with Crippen molar-refractivity contribution in [3.63, 3.8) is 0 Å². The van der Waals surface area contributed by atoms with Crippen LogP contribution in [-0.2, 0) is 14.3 Å². The molecule has 2 saturated heterocycles. The first kappa shape index (κ1) is 25.7. The van der Waals surface area contributed by atoms with E-state index in [1.165, 1.54) is 19.1 Å². The summed E-state index contributed by atoms with van der Waals surface area (Å²) in [4.78, 5) is 35.4. The minimum absolute atomic E-state index is 0.00469. The molecule has 2 aliphatic heterocycles. The number of nitrogens with zero attached hydrogens (tertiary/aromatic N) is 4. The number of benzene rings is 1. The minimum Gasteiger partial charge on any atom is -0.505 e. The number of aromatic nitrogens is 2. The van der Waals surface area contributed by atoms with Crippen molar-refractivity contribution in [3.05, 3.63) is 64.6 Å². The van der Waals surface area contributed by atoms with Gasteiger partial charge in [0.2, 0.25) is 0 Å². The third-order valence-electron chi connectivity index (χ3n) is 7.27. The zero-order chi connectivity index (χ0) is 27.0. The van der Waals surface area contributed by atoms with E-state index < -0.39 is 17.7 Å². The van der Waals surface area contributed by atoms with Crippen LogP contribution in [0, 0.1) is 13.8 Å². The van der Waals surface area contributed by atoms with Gasteiger partial charge in [-0.15, -0.1) is 0 Å². The number of methoxy groups -OCH3 is 2. The number of pyridine rings is 1. The summed E-state index contributed by atoms with van der Waals surface area (Å²) >= 11 is 0. The smallest absolute Gasteiger partial charge is 0.295 e. The highest BCUT2D eigenvalue weighted by molar-refractivity contribution is 6.46. The molecule has 1 atom stereocenters. The third-order valence-corrected chi connectivity index (χ3v) is 7.27. The van der Waals surface area contributed by atoms with Gasteiger partial charge in [-0.1, -0.05) is 18.2 Å². The summed E-state index contributed by atoms with van der Waals surface area (Å²) in [6.07, 6.45) is 1.78. The average Bonchev–Trinajstić information content (AvgIpc) is 3.40. The molecule has 0 saturated carbocycles. The van der Waals surface area contributed by atoms with Crippen molar-refractivity contribution in [2.75, 3.05) is 53.6 Å². The number of imidazole rings is 1. The van der Waals surface area contributed by atoms with Crippen LogP contribution in [0.25, 0.3) is 11.4 Å². The van der Waals surface area contributed by atoms with Gasteiger partial charge in [0.05, 0.1) is 44.7 Å². The number of carbonyl (C=O) groups is 2. The lowest BCUT2D eigenvalue weighted by Crippen LogP contribution is -2.42. The number of Topliss-reactive ketones (excluding diaryl/α,β-unsaturated/α-hetero) is 1. The molecule has 1 aromatic carbocycles. The number of ether oxygens (including phenoxy) is 3. The number of rotatable bonds is 7. The predicted octanol–water partition coefficient (Wildman–Crippen LogP) is 2.72. The quantitative estimate of drug-likeness (QED) is 0.288. The molecule has 10 nitrogen and oxygen atoms in total. The maximum Gasteiger partial charge on any atom is 0.295 e. The molecular formula is C28H32N4O6. The molecule has 2 fully saturated rings. The van der Waals surface area contributed by atoms with E-state index in [-0.39, 0.29) is 17.9 Å². The fourth-order valence-corrected chi connectivity index (χ4v) is 5.37. The number of likely N-dealkylation sites (tertiary alicyclic amines) is 1. The zero-order valence-electron chi connectivity index (χ0n) is 22.1. The van der Waals surface area contributed by atoms with Crippen molar-refractivity contribution in [2.24, 2.45) is 0 Å². The number of hydrogen-bond donors (Lipinski definition) is 1. The van der Waals surface area contributed by atoms with Crippen LogP contribution < -0.4 is 9.47 Å². The highest BCUT2D eigenvalue weighted by Gasteiger charge is 2.48. The fourth-order valence-electron chi connectivity index (χ4n) is 5.37. The SMILES string of the molecule is COc1cccc([C@@H]2C(=C(O)c3c(C)nc4c(C)cccn34)C(=O)C(=O)N2CCN2CCOCC2)c1OC. The van der Waals surface area contributed by atoms with Crippen LogP contribution in [0.15, 0.2) is 42.1 Å². The molecule has 3 aromatic rings. The summed E-state index contributed by atoms with van der Waals surface area (Å²) in [6, 6.07) is 8.22. The Bertz CT molecular complexity index is 1420. The van der Waals surface area contributed by atoms with Crippen LogP contribution in [0.1, 0.15) is 28.6 Å². The molecule has 1 amide bonds. The van der Waals surface area contributed by atoms with Gasteiger partial charge in [-0.2, -0.15) is 0 Å². The zero-order valence-corrected chi connectivity index (χ0v) is 22.1. The Balaban J connectivity index is 1.68. The second-order valence-corrected chi connectivity index (χ2v) is 9.46. The summed E-state index contributed by atoms with van der Waals surface area (Å²) in [5, 5.41) is 11.7. The number of aliphatic hydroxyl groups excluding tert-OH is 1. The van der Waals surface area contributed by atoms with Gasteiger partial charge in [-0.05, 0) is 31.5 Å². The van der Waals surface area contributed by atoms with E-state index >= 15 is 0 Å². The average molecular weight is 521 g/mol. The first-order chi connectivity index (χ1) is 18.4. The Morgan fingerprint density at radius 3 is 2.55 bits per heavy atom. The molecule has 200 valence electrons. The Kier molecular flexibility index (Phi) is 7.09. The van der Waals surface area contributed by atoms with Gasteiger partial charge in [0.25, 0.3) is 11.7 Å². The fraction of sp³-hybridized carbons (Fsp3) is 0.393. The summed E-state index contributed by atoms with van der Waals surface area (Å²) in [6.45, 7) is 7.30. The van der Waals surface area contributed by atoms with Gasteiger partial charge in [0.1, 0.15) is 11.3 Å². The number of hydrogen-bond acceptors (Lipinski definition) is 8. The Hall–Kier alpha value is -3.89. The van der Waals surface area contributed by atoms with Crippen molar-refractivity contribution in [3.8, 4) is 11.5 Å². The molecule has 0 unspecified atom stereocenters. The van der Waals surface area contributed by atoms with Crippen molar-refractivity contribution in [1.82, 2.24) is 19.2 Å². The molecule has 2 aromatic heterocycles. The highest BCUT2D eigenvalue weighted by Crippen LogP contribution is 2.45. The van der Waals surface area contributed by atoms with Crippen molar-refractivity contribution < 1.29 is 28.9 Å². The van der Waals surface area contributed by atoms with Crippen LogP contribution in [0.2, 0.25) is 0 Å². The van der Waals surface area contributed by atoms with E-state index in [1.54, 1.807) is 35.7 Å². The lowest BCUT2D eigenvalue weighted by molar-refractivity contribution is -0.140. The monoisotopic (exact) mass is 520 g/mol. The number of aryl methyl sites for hydroxylation is 2. The van der Waals surface area contributed by atoms with Crippen LogP contribution in [0.3, 0.4) is 0 Å². The predicted molar refractivity (Wildman–Crippen MR) is 140 cm³/mol. The second-order valence-electron chi connectivity index (χ2n) is 9.46. The Morgan fingerprint density at radius 2 is 1.84 bits per heavy atom. The lowest BCUT2D eigenvalue weighted by Gasteiger charge is -2.31. The minimum atomic E-state index is -0.879. The van der Waals surface area contributed by atoms with Gasteiger partial charge in [-0.3, -0.25) is 18.9 Å². The van der Waals surface area contributed by atoms with E-state index in [0.29, 0.717) is 53.9 Å².